The molecule has 1 aliphatic heterocycles. The first-order valence-corrected chi connectivity index (χ1v) is 8.92. The fourth-order valence-corrected chi connectivity index (χ4v) is 4.28. The highest BCUT2D eigenvalue weighted by molar-refractivity contribution is 7.13. The summed E-state index contributed by atoms with van der Waals surface area (Å²) in [6.07, 6.45) is 0. The Morgan fingerprint density at radius 2 is 2.16 bits per heavy atom. The Balaban J connectivity index is 1.98. The Morgan fingerprint density at radius 3 is 2.88 bits per heavy atom. The molecule has 25 heavy (non-hydrogen) atoms. The third-order valence-corrected chi connectivity index (χ3v) is 5.68. The first-order chi connectivity index (χ1) is 11.9. The van der Waals surface area contributed by atoms with Crippen LogP contribution < -0.4 is 15.4 Å². The van der Waals surface area contributed by atoms with E-state index >= 15 is 0 Å². The van der Waals surface area contributed by atoms with E-state index in [-0.39, 0.29) is 11.5 Å². The Morgan fingerprint density at radius 1 is 1.36 bits per heavy atom. The number of aryl methyl sites for hydroxylation is 1. The lowest BCUT2D eigenvalue weighted by Gasteiger charge is -1.98. The summed E-state index contributed by atoms with van der Waals surface area (Å²) in [5, 5.41) is 13.7. The van der Waals surface area contributed by atoms with Crippen molar-refractivity contribution in [1.82, 2.24) is 9.55 Å². The maximum absolute atomic E-state index is 13.6. The minimum Gasteiger partial charge on any atom is -0.493 e. The molecule has 0 radical (unpaired) electrons. The van der Waals surface area contributed by atoms with Crippen LogP contribution in [0.3, 0.4) is 0 Å². The molecule has 0 saturated heterocycles. The van der Waals surface area contributed by atoms with Gasteiger partial charge in [0, 0.05) is 17.6 Å². The van der Waals surface area contributed by atoms with Crippen molar-refractivity contribution < 1.29 is 14.3 Å². The number of hydrogen-bond acceptors (Lipinski definition) is 6. The molecule has 1 N–H and O–H groups in total. The summed E-state index contributed by atoms with van der Waals surface area (Å²) in [6.45, 7) is 1.87. The summed E-state index contributed by atoms with van der Waals surface area (Å²) in [7, 11) is 1.64. The van der Waals surface area contributed by atoms with Gasteiger partial charge >= 0.3 is 0 Å². The van der Waals surface area contributed by atoms with E-state index in [1.54, 1.807) is 7.05 Å². The van der Waals surface area contributed by atoms with E-state index in [2.05, 4.69) is 15.0 Å². The average molecular weight is 374 g/mol. The van der Waals surface area contributed by atoms with Crippen LogP contribution in [0, 0.1) is 12.7 Å². The minimum atomic E-state index is -0.505. The number of amides is 1. The lowest BCUT2D eigenvalue weighted by molar-refractivity contribution is -0.112. The summed E-state index contributed by atoms with van der Waals surface area (Å²) in [6, 6.07) is 3.95. The van der Waals surface area contributed by atoms with Gasteiger partial charge in [0.15, 0.2) is 4.80 Å². The number of thiazole rings is 2. The van der Waals surface area contributed by atoms with E-state index in [4.69, 9.17) is 0 Å². The summed E-state index contributed by atoms with van der Waals surface area (Å²) >= 11 is 2.52. The van der Waals surface area contributed by atoms with Crippen LogP contribution in [-0.2, 0) is 11.8 Å². The Labute approximate surface area is 148 Å². The van der Waals surface area contributed by atoms with Gasteiger partial charge < -0.3 is 5.11 Å². The van der Waals surface area contributed by atoms with E-state index in [9.17, 15) is 14.3 Å². The van der Waals surface area contributed by atoms with Crippen LogP contribution in [0.15, 0.2) is 33.6 Å². The Bertz CT molecular complexity index is 1220. The molecule has 1 aliphatic rings. The Hall–Kier alpha value is -2.65. The molecule has 0 fully saturated rings. The second kappa shape index (κ2) is 5.71. The lowest BCUT2D eigenvalue weighted by Crippen LogP contribution is -2.23. The molecule has 0 unspecified atom stereocenters. The summed E-state index contributed by atoms with van der Waals surface area (Å²) in [5.74, 6) is -1.09. The molecule has 1 amide bonds. The number of nitrogens with zero attached hydrogens (tertiary/aromatic N) is 4. The molecule has 6 nitrogen and oxygen atoms in total. The highest BCUT2D eigenvalue weighted by atomic mass is 32.1. The second-order valence-electron chi connectivity index (χ2n) is 5.43. The predicted octanol–water partition coefficient (Wildman–Crippen LogP) is 1.29. The van der Waals surface area contributed by atoms with Crippen molar-refractivity contribution in [3.8, 4) is 5.88 Å². The predicted molar refractivity (Wildman–Crippen MR) is 91.7 cm³/mol. The zero-order valence-corrected chi connectivity index (χ0v) is 14.8. The minimum absolute atomic E-state index is 0.118. The van der Waals surface area contributed by atoms with Crippen LogP contribution in [0.2, 0.25) is 0 Å². The van der Waals surface area contributed by atoms with Crippen molar-refractivity contribution in [3.05, 3.63) is 55.3 Å². The van der Waals surface area contributed by atoms with Crippen molar-refractivity contribution in [2.24, 2.45) is 17.0 Å². The first kappa shape index (κ1) is 15.9. The van der Waals surface area contributed by atoms with Crippen molar-refractivity contribution in [3.63, 3.8) is 0 Å². The molecule has 0 bridgehead atoms. The molecule has 3 aromatic rings. The quantitative estimate of drug-likeness (QED) is 0.734. The van der Waals surface area contributed by atoms with Gasteiger partial charge in [-0.15, -0.1) is 11.3 Å². The van der Waals surface area contributed by atoms with Gasteiger partial charge in [-0.2, -0.15) is 4.99 Å². The molecule has 0 saturated carbocycles. The molecule has 9 heteroatoms. The van der Waals surface area contributed by atoms with Crippen LogP contribution in [-0.4, -0.2) is 20.6 Å². The number of carbonyl (C=O) groups is 1. The standard InChI is InChI=1S/C16H11FN4O2S2/c1-7-6-24-15(18-7)20-16-21(2)14(23)12(25-16)11-9-5-8(17)3-4-10(9)19-13(11)22/h3-6,23H,1-2H3/b20-16+. The zero-order valence-electron chi connectivity index (χ0n) is 13.1. The van der Waals surface area contributed by atoms with Gasteiger partial charge in [-0.1, -0.05) is 11.3 Å². The van der Waals surface area contributed by atoms with Crippen LogP contribution in [0.4, 0.5) is 9.52 Å². The number of carbonyl (C=O) groups excluding carboxylic acids is 1. The van der Waals surface area contributed by atoms with E-state index < -0.39 is 11.7 Å². The molecule has 126 valence electrons. The third-order valence-electron chi connectivity index (χ3n) is 3.69. The second-order valence-corrected chi connectivity index (χ2v) is 7.25. The largest absolute Gasteiger partial charge is 0.493 e. The van der Waals surface area contributed by atoms with Crippen LogP contribution in [0.1, 0.15) is 10.6 Å². The molecule has 1 aromatic carbocycles. The fourth-order valence-electron chi connectivity index (χ4n) is 2.49. The zero-order chi connectivity index (χ0) is 17.7. The van der Waals surface area contributed by atoms with Gasteiger partial charge in [0.1, 0.15) is 10.7 Å². The van der Waals surface area contributed by atoms with Crippen LogP contribution in [0.25, 0.3) is 5.57 Å². The topological polar surface area (TPSA) is 79.8 Å². The number of aromatic nitrogens is 2. The highest BCUT2D eigenvalue weighted by Crippen LogP contribution is 2.28. The summed E-state index contributed by atoms with van der Waals surface area (Å²) in [4.78, 5) is 25.7. The number of aromatic hydroxyl groups is 1. The Kier molecular flexibility index (Phi) is 3.62. The van der Waals surface area contributed by atoms with Crippen molar-refractivity contribution in [2.75, 3.05) is 0 Å². The van der Waals surface area contributed by atoms with Gasteiger partial charge in [0.25, 0.3) is 5.91 Å². The third kappa shape index (κ3) is 2.61. The average Bonchev–Trinajstić information content (AvgIpc) is 3.19. The maximum atomic E-state index is 13.6. The van der Waals surface area contributed by atoms with Crippen LogP contribution >= 0.6 is 22.7 Å². The van der Waals surface area contributed by atoms with Crippen molar-refractivity contribution in [2.45, 2.75) is 6.92 Å². The van der Waals surface area contributed by atoms with Crippen LogP contribution in [0.5, 0.6) is 5.88 Å². The number of benzene rings is 1. The molecular formula is C16H11FN4O2S2. The number of hydrogen-bond donors (Lipinski definition) is 1. The monoisotopic (exact) mass is 374 g/mol. The molecule has 4 rings (SSSR count). The van der Waals surface area contributed by atoms with Gasteiger partial charge in [0.2, 0.25) is 11.0 Å². The molecule has 0 aliphatic carbocycles. The van der Waals surface area contributed by atoms with Crippen molar-refractivity contribution >= 4 is 39.3 Å². The summed E-state index contributed by atoms with van der Waals surface area (Å²) < 4.78 is 15.1. The molecule has 0 atom stereocenters. The van der Waals surface area contributed by atoms with E-state index in [1.165, 1.54) is 34.1 Å². The number of halogens is 1. The van der Waals surface area contributed by atoms with Gasteiger partial charge in [-0.25, -0.2) is 14.4 Å². The van der Waals surface area contributed by atoms with E-state index in [0.29, 0.717) is 25.4 Å². The van der Waals surface area contributed by atoms with Gasteiger partial charge in [-0.3, -0.25) is 9.36 Å². The van der Waals surface area contributed by atoms with E-state index in [0.717, 1.165) is 17.0 Å². The van der Waals surface area contributed by atoms with E-state index in [1.807, 2.05) is 12.3 Å². The highest BCUT2D eigenvalue weighted by Gasteiger charge is 2.25. The molecule has 0 spiro atoms. The fraction of sp³-hybridized carbons (Fsp3) is 0.125. The molecule has 3 heterocycles. The lowest BCUT2D eigenvalue weighted by atomic mass is 10.1. The van der Waals surface area contributed by atoms with Gasteiger partial charge in [0.05, 0.1) is 16.6 Å². The van der Waals surface area contributed by atoms with Crippen molar-refractivity contribution in [1.29, 1.82) is 0 Å². The normalized spacial score (nSPS) is 14.1. The molecule has 2 aromatic heterocycles. The van der Waals surface area contributed by atoms with Gasteiger partial charge in [-0.05, 0) is 25.1 Å². The number of rotatable bonds is 2. The first-order valence-electron chi connectivity index (χ1n) is 7.23. The molecular weight excluding hydrogens is 363 g/mol. The number of fused-ring (bicyclic) bond motifs is 1. The maximum Gasteiger partial charge on any atom is 0.279 e. The summed E-state index contributed by atoms with van der Waals surface area (Å²) in [5.41, 5.74) is 1.04. The SMILES string of the molecule is Cc1csc(/N=c2/sc(C3=c4cc(F)ccc4=NC3=O)c(O)n2C)n1. The smallest absolute Gasteiger partial charge is 0.279 e.